The second-order valence-electron chi connectivity index (χ2n) is 5.90. The molecule has 10 heteroatoms. The number of carbonyl (C=O) groups excluding carboxylic acids is 3. The van der Waals surface area contributed by atoms with Gasteiger partial charge in [-0.1, -0.05) is 23.7 Å². The van der Waals surface area contributed by atoms with Gasteiger partial charge in [0.15, 0.2) is 5.75 Å². The van der Waals surface area contributed by atoms with E-state index in [1.54, 1.807) is 13.0 Å². The third-order valence-corrected chi connectivity index (χ3v) is 4.43. The third kappa shape index (κ3) is 3.42. The Labute approximate surface area is 163 Å². The first-order valence-corrected chi connectivity index (χ1v) is 8.22. The Morgan fingerprint density at radius 1 is 1.18 bits per heavy atom. The number of nitrogens with one attached hydrogen (secondary N) is 1. The largest absolute Gasteiger partial charge is 0.502 e. The van der Waals surface area contributed by atoms with Gasteiger partial charge in [0.05, 0.1) is 10.6 Å². The molecule has 2 N–H and O–H groups in total. The number of imide groups is 2. The molecule has 0 atom stereocenters. The van der Waals surface area contributed by atoms with Gasteiger partial charge < -0.3 is 5.11 Å². The summed E-state index contributed by atoms with van der Waals surface area (Å²) in [6.07, 6.45) is 1.10. The van der Waals surface area contributed by atoms with Gasteiger partial charge in [-0.25, -0.2) is 9.69 Å². The Morgan fingerprint density at radius 2 is 1.89 bits per heavy atom. The number of urea groups is 1. The summed E-state index contributed by atoms with van der Waals surface area (Å²) in [6.45, 7) is 1.75. The van der Waals surface area contributed by atoms with E-state index in [9.17, 15) is 29.6 Å². The number of aromatic hydroxyl groups is 1. The number of rotatable bonds is 3. The molecule has 2 aromatic carbocycles. The van der Waals surface area contributed by atoms with Crippen LogP contribution in [0.4, 0.5) is 16.2 Å². The molecule has 0 saturated carbocycles. The van der Waals surface area contributed by atoms with Crippen molar-refractivity contribution in [3.8, 4) is 5.75 Å². The fourth-order valence-electron chi connectivity index (χ4n) is 2.56. The fourth-order valence-corrected chi connectivity index (χ4v) is 2.73. The number of anilines is 1. The fraction of sp³-hybridized carbons (Fsp3) is 0.0556. The summed E-state index contributed by atoms with van der Waals surface area (Å²) in [7, 11) is 0. The lowest BCUT2D eigenvalue weighted by Gasteiger charge is -2.26. The lowest BCUT2D eigenvalue weighted by Crippen LogP contribution is -2.54. The number of carbonyl (C=O) groups is 3. The minimum absolute atomic E-state index is 0.124. The average Bonchev–Trinajstić information content (AvgIpc) is 2.62. The molecule has 4 amide bonds. The topological polar surface area (TPSA) is 130 Å². The van der Waals surface area contributed by atoms with Crippen LogP contribution in [-0.2, 0) is 9.59 Å². The molecule has 142 valence electrons. The van der Waals surface area contributed by atoms with Crippen LogP contribution in [0.5, 0.6) is 5.75 Å². The van der Waals surface area contributed by atoms with Gasteiger partial charge in [0.2, 0.25) is 0 Å². The van der Waals surface area contributed by atoms with E-state index in [0.29, 0.717) is 5.02 Å². The van der Waals surface area contributed by atoms with E-state index in [0.717, 1.165) is 28.7 Å². The Hall–Kier alpha value is -3.72. The Balaban J connectivity index is 2.05. The first kappa shape index (κ1) is 19.1. The molecule has 1 aliphatic rings. The molecule has 3 rings (SSSR count). The third-order valence-electron chi connectivity index (χ3n) is 4.02. The van der Waals surface area contributed by atoms with E-state index < -0.39 is 39.8 Å². The van der Waals surface area contributed by atoms with Crippen molar-refractivity contribution in [3.05, 3.63) is 68.2 Å². The highest BCUT2D eigenvalue weighted by atomic mass is 35.5. The number of halogens is 1. The van der Waals surface area contributed by atoms with E-state index in [1.165, 1.54) is 18.2 Å². The second-order valence-corrected chi connectivity index (χ2v) is 6.30. The summed E-state index contributed by atoms with van der Waals surface area (Å²) < 4.78 is 0. The first-order chi connectivity index (χ1) is 13.2. The van der Waals surface area contributed by atoms with Gasteiger partial charge in [0.1, 0.15) is 5.57 Å². The van der Waals surface area contributed by atoms with Crippen molar-refractivity contribution in [1.29, 1.82) is 0 Å². The lowest BCUT2D eigenvalue weighted by atomic mass is 10.1. The number of nitro groups is 1. The molecule has 0 spiro atoms. The minimum Gasteiger partial charge on any atom is -0.502 e. The monoisotopic (exact) mass is 401 g/mol. The quantitative estimate of drug-likeness (QED) is 0.352. The standard InChI is InChI=1S/C18H12ClN3O6/c1-9-2-4-11(8-13(9)19)21-17(25)12(16(24)20-18(21)26)6-10-3-5-15(23)14(7-10)22(27)28/h2-8,23H,1H3,(H,20,24,26)/b12-6-. The van der Waals surface area contributed by atoms with E-state index >= 15 is 0 Å². The van der Waals surface area contributed by atoms with Gasteiger partial charge in [-0.15, -0.1) is 0 Å². The van der Waals surface area contributed by atoms with Crippen LogP contribution in [0, 0.1) is 17.0 Å². The zero-order valence-corrected chi connectivity index (χ0v) is 15.1. The number of amides is 4. The van der Waals surface area contributed by atoms with Crippen LogP contribution in [-0.4, -0.2) is 27.9 Å². The molecular formula is C18H12ClN3O6. The molecule has 2 aromatic rings. The van der Waals surface area contributed by atoms with Crippen LogP contribution in [0.3, 0.4) is 0 Å². The van der Waals surface area contributed by atoms with Gasteiger partial charge in [-0.3, -0.25) is 25.0 Å². The summed E-state index contributed by atoms with van der Waals surface area (Å²) >= 11 is 6.05. The second kappa shape index (κ2) is 7.12. The summed E-state index contributed by atoms with van der Waals surface area (Å²) in [5, 5.41) is 22.8. The number of phenols is 1. The molecule has 0 radical (unpaired) electrons. The summed E-state index contributed by atoms with van der Waals surface area (Å²) in [5.74, 6) is -2.41. The highest BCUT2D eigenvalue weighted by Gasteiger charge is 2.37. The van der Waals surface area contributed by atoms with Crippen molar-refractivity contribution in [2.75, 3.05) is 4.90 Å². The average molecular weight is 402 g/mol. The Kier molecular flexibility index (Phi) is 4.85. The molecule has 0 aromatic heterocycles. The number of hydrogen-bond donors (Lipinski definition) is 2. The zero-order chi connectivity index (χ0) is 20.6. The summed E-state index contributed by atoms with van der Waals surface area (Å²) in [5.41, 5.74) is 0.0264. The van der Waals surface area contributed by atoms with Crippen molar-refractivity contribution in [1.82, 2.24) is 5.32 Å². The first-order valence-electron chi connectivity index (χ1n) is 7.84. The molecule has 28 heavy (non-hydrogen) atoms. The Morgan fingerprint density at radius 3 is 2.54 bits per heavy atom. The van der Waals surface area contributed by atoms with E-state index in [4.69, 9.17) is 11.6 Å². The number of barbiturate groups is 1. The number of nitrogens with zero attached hydrogens (tertiary/aromatic N) is 2. The summed E-state index contributed by atoms with van der Waals surface area (Å²) in [4.78, 5) is 48.0. The van der Waals surface area contributed by atoms with E-state index in [2.05, 4.69) is 0 Å². The highest BCUT2D eigenvalue weighted by molar-refractivity contribution is 6.39. The SMILES string of the molecule is Cc1ccc(N2C(=O)NC(=O)/C(=C/c3ccc(O)c([N+](=O)[O-])c3)C2=O)cc1Cl. The maximum absolute atomic E-state index is 12.8. The number of benzene rings is 2. The number of nitro benzene ring substituents is 1. The van der Waals surface area contributed by atoms with Gasteiger partial charge in [-0.05, 0) is 42.3 Å². The number of hydrogen-bond acceptors (Lipinski definition) is 6. The molecule has 0 aliphatic carbocycles. The Bertz CT molecular complexity index is 1080. The van der Waals surface area contributed by atoms with Crippen molar-refractivity contribution in [2.24, 2.45) is 0 Å². The molecule has 1 fully saturated rings. The van der Waals surface area contributed by atoms with Crippen LogP contribution in [0.25, 0.3) is 6.08 Å². The lowest BCUT2D eigenvalue weighted by molar-refractivity contribution is -0.385. The van der Waals surface area contributed by atoms with Crippen LogP contribution in [0.1, 0.15) is 11.1 Å². The number of aryl methyl sites for hydroxylation is 1. The van der Waals surface area contributed by atoms with Crippen LogP contribution in [0.15, 0.2) is 42.0 Å². The maximum atomic E-state index is 12.8. The predicted molar refractivity (Wildman–Crippen MR) is 100.0 cm³/mol. The van der Waals surface area contributed by atoms with Crippen molar-refractivity contribution >= 4 is 46.9 Å². The molecular weight excluding hydrogens is 390 g/mol. The molecule has 0 bridgehead atoms. The molecule has 1 heterocycles. The molecule has 0 unspecified atom stereocenters. The van der Waals surface area contributed by atoms with Gasteiger partial charge in [0, 0.05) is 11.1 Å². The minimum atomic E-state index is -0.944. The maximum Gasteiger partial charge on any atom is 0.335 e. The van der Waals surface area contributed by atoms with Crippen LogP contribution < -0.4 is 10.2 Å². The van der Waals surface area contributed by atoms with E-state index in [-0.39, 0.29) is 11.3 Å². The molecule has 1 saturated heterocycles. The highest BCUT2D eigenvalue weighted by Crippen LogP contribution is 2.29. The summed E-state index contributed by atoms with van der Waals surface area (Å²) in [6, 6.07) is 6.94. The zero-order valence-electron chi connectivity index (χ0n) is 14.3. The van der Waals surface area contributed by atoms with Crippen LogP contribution in [0.2, 0.25) is 5.02 Å². The predicted octanol–water partition coefficient (Wildman–Crippen LogP) is 2.93. The normalized spacial score (nSPS) is 15.7. The van der Waals surface area contributed by atoms with Crippen molar-refractivity contribution in [2.45, 2.75) is 6.92 Å². The van der Waals surface area contributed by atoms with Crippen molar-refractivity contribution in [3.63, 3.8) is 0 Å². The van der Waals surface area contributed by atoms with E-state index in [1.807, 2.05) is 5.32 Å². The van der Waals surface area contributed by atoms with Crippen molar-refractivity contribution < 1.29 is 24.4 Å². The van der Waals surface area contributed by atoms with Gasteiger partial charge in [-0.2, -0.15) is 0 Å². The van der Waals surface area contributed by atoms with Gasteiger partial charge >= 0.3 is 11.7 Å². The smallest absolute Gasteiger partial charge is 0.335 e. The number of phenolic OH excluding ortho intramolecular Hbond substituents is 1. The van der Waals surface area contributed by atoms with Gasteiger partial charge in [0.25, 0.3) is 11.8 Å². The molecule has 1 aliphatic heterocycles. The van der Waals surface area contributed by atoms with Crippen LogP contribution >= 0.6 is 11.6 Å². The molecule has 9 nitrogen and oxygen atoms in total.